The first kappa shape index (κ1) is 26.7. The van der Waals surface area contributed by atoms with E-state index < -0.39 is 0 Å². The third-order valence-electron chi connectivity index (χ3n) is 6.32. The molecular weight excluding hydrogens is 428 g/mol. The lowest BCUT2D eigenvalue weighted by atomic mass is 9.86. The van der Waals surface area contributed by atoms with Gasteiger partial charge < -0.3 is 14.2 Å². The summed E-state index contributed by atoms with van der Waals surface area (Å²) in [6, 6.07) is 7.62. The van der Waals surface area contributed by atoms with Crippen LogP contribution in [0.4, 0.5) is 10.5 Å². The molecule has 1 amide bonds. The second kappa shape index (κ2) is 15.4. The van der Waals surface area contributed by atoms with Crippen molar-refractivity contribution in [3.05, 3.63) is 24.3 Å². The van der Waals surface area contributed by atoms with E-state index in [1.54, 1.807) is 0 Å². The van der Waals surface area contributed by atoms with Crippen LogP contribution in [-0.2, 0) is 9.47 Å². The van der Waals surface area contributed by atoms with Gasteiger partial charge in [0.25, 0.3) is 0 Å². The molecule has 1 aliphatic carbocycles. The molecule has 6 nitrogen and oxygen atoms in total. The van der Waals surface area contributed by atoms with Gasteiger partial charge in [-0.25, -0.2) is 4.79 Å². The molecule has 0 aromatic heterocycles. The van der Waals surface area contributed by atoms with Crippen LogP contribution >= 0.6 is 12.4 Å². The summed E-state index contributed by atoms with van der Waals surface area (Å²) in [4.78, 5) is 15.1. The molecule has 2 fully saturated rings. The molecule has 2 atom stereocenters. The maximum atomic E-state index is 12.7. The molecule has 3 rings (SSSR count). The van der Waals surface area contributed by atoms with Gasteiger partial charge in [0, 0.05) is 25.6 Å². The lowest BCUT2D eigenvalue weighted by Crippen LogP contribution is -2.44. The first-order valence-corrected chi connectivity index (χ1v) is 12.3. The average Bonchev–Trinajstić information content (AvgIpc) is 2.79. The number of halogens is 1. The molecule has 0 spiro atoms. The lowest BCUT2D eigenvalue weighted by molar-refractivity contribution is -0.00352. The van der Waals surface area contributed by atoms with Gasteiger partial charge >= 0.3 is 6.09 Å². The minimum Gasteiger partial charge on any atom is -0.491 e. The van der Waals surface area contributed by atoms with E-state index in [4.69, 9.17) is 14.2 Å². The fraction of sp³-hybridized carbons (Fsp3) is 0.720. The number of nitrogens with zero attached hydrogens (tertiary/aromatic N) is 1. The van der Waals surface area contributed by atoms with Gasteiger partial charge in [-0.1, -0.05) is 51.2 Å². The van der Waals surface area contributed by atoms with Crippen molar-refractivity contribution in [2.45, 2.75) is 70.8 Å². The molecule has 1 saturated heterocycles. The Morgan fingerprint density at radius 2 is 1.84 bits per heavy atom. The number of ether oxygens (including phenoxy) is 3. The van der Waals surface area contributed by atoms with Crippen LogP contribution < -0.4 is 10.1 Å². The quantitative estimate of drug-likeness (QED) is 0.410. The predicted octanol–water partition coefficient (Wildman–Crippen LogP) is 5.90. The number of nitrogens with one attached hydrogen (secondary N) is 1. The highest BCUT2D eigenvalue weighted by atomic mass is 35.5. The van der Waals surface area contributed by atoms with Crippen LogP contribution in [0.1, 0.15) is 64.7 Å². The van der Waals surface area contributed by atoms with Crippen molar-refractivity contribution in [2.75, 3.05) is 44.8 Å². The zero-order valence-electron chi connectivity index (χ0n) is 19.6. The summed E-state index contributed by atoms with van der Waals surface area (Å²) in [6.07, 6.45) is 9.97. The topological polar surface area (TPSA) is 60.0 Å². The highest BCUT2D eigenvalue weighted by Crippen LogP contribution is 2.29. The van der Waals surface area contributed by atoms with Crippen LogP contribution in [0, 0.1) is 5.92 Å². The Labute approximate surface area is 199 Å². The highest BCUT2D eigenvalue weighted by molar-refractivity contribution is 5.86. The number of hydrogen-bond acceptors (Lipinski definition) is 5. The second-order valence-corrected chi connectivity index (χ2v) is 8.79. The molecule has 1 N–H and O–H groups in total. The van der Waals surface area contributed by atoms with E-state index in [1.807, 2.05) is 24.3 Å². The van der Waals surface area contributed by atoms with E-state index in [9.17, 15) is 4.79 Å². The van der Waals surface area contributed by atoms with Crippen molar-refractivity contribution in [1.82, 2.24) is 4.90 Å². The van der Waals surface area contributed by atoms with E-state index in [0.717, 1.165) is 58.5 Å². The lowest BCUT2D eigenvalue weighted by Gasteiger charge is -2.36. The van der Waals surface area contributed by atoms with Crippen molar-refractivity contribution < 1.29 is 19.0 Å². The molecule has 0 radical (unpaired) electrons. The number of benzene rings is 1. The van der Waals surface area contributed by atoms with Gasteiger partial charge in [-0.15, -0.1) is 12.4 Å². The summed E-state index contributed by atoms with van der Waals surface area (Å²) in [6.45, 7) is 7.41. The van der Waals surface area contributed by atoms with E-state index >= 15 is 0 Å². The van der Waals surface area contributed by atoms with Crippen LogP contribution in [-0.4, -0.2) is 56.6 Å². The normalized spacial score (nSPS) is 21.4. The van der Waals surface area contributed by atoms with Gasteiger partial charge in [-0.2, -0.15) is 0 Å². The van der Waals surface area contributed by atoms with Gasteiger partial charge in [0.15, 0.2) is 0 Å². The molecule has 1 heterocycles. The van der Waals surface area contributed by atoms with Gasteiger partial charge in [-0.05, 0) is 37.8 Å². The van der Waals surface area contributed by atoms with Gasteiger partial charge in [0.05, 0.1) is 25.5 Å². The number of amides is 1. The van der Waals surface area contributed by atoms with E-state index in [-0.39, 0.29) is 24.6 Å². The van der Waals surface area contributed by atoms with Crippen LogP contribution in [0.2, 0.25) is 0 Å². The molecule has 1 aliphatic heterocycles. The van der Waals surface area contributed by atoms with Crippen LogP contribution in [0.25, 0.3) is 0 Å². The summed E-state index contributed by atoms with van der Waals surface area (Å²) >= 11 is 0. The van der Waals surface area contributed by atoms with Crippen LogP contribution in [0.5, 0.6) is 5.75 Å². The van der Waals surface area contributed by atoms with Crippen molar-refractivity contribution >= 4 is 24.2 Å². The van der Waals surface area contributed by atoms with Crippen LogP contribution in [0.3, 0.4) is 0 Å². The third kappa shape index (κ3) is 9.16. The van der Waals surface area contributed by atoms with E-state index in [2.05, 4.69) is 17.1 Å². The van der Waals surface area contributed by atoms with E-state index in [1.165, 1.54) is 32.1 Å². The van der Waals surface area contributed by atoms with Crippen LogP contribution in [0.15, 0.2) is 24.3 Å². The second-order valence-electron chi connectivity index (χ2n) is 8.79. The summed E-state index contributed by atoms with van der Waals surface area (Å²) < 4.78 is 17.3. The summed E-state index contributed by atoms with van der Waals surface area (Å²) in [5.74, 6) is 1.11. The SMILES string of the molecule is CCCCCCCOc1ccccc1NC(=O)O[C@H]1CCCC[C@H]1CN1CCOCC1.Cl. The standard InChI is InChI=1S/C25H40N2O4.ClH/c1-2-3-4-5-10-17-30-24-14-9-7-12-22(24)26-25(28)31-23-13-8-6-11-21(23)20-27-15-18-29-19-16-27;/h7,9,12,14,21,23H,2-6,8,10-11,13,15-20H2,1H3,(H,26,28);1H/t21-,23-;/m0./s1. The summed E-state index contributed by atoms with van der Waals surface area (Å²) in [7, 11) is 0. The number of unbranched alkanes of at least 4 members (excludes halogenated alkanes) is 4. The van der Waals surface area contributed by atoms with E-state index in [0.29, 0.717) is 24.0 Å². The predicted molar refractivity (Wildman–Crippen MR) is 131 cm³/mol. The number of morpholine rings is 1. The molecule has 0 unspecified atom stereocenters. The highest BCUT2D eigenvalue weighted by Gasteiger charge is 2.30. The molecule has 32 heavy (non-hydrogen) atoms. The smallest absolute Gasteiger partial charge is 0.412 e. The minimum atomic E-state index is -0.377. The monoisotopic (exact) mass is 468 g/mol. The summed E-state index contributed by atoms with van der Waals surface area (Å²) in [5.41, 5.74) is 0.682. The largest absolute Gasteiger partial charge is 0.491 e. The zero-order valence-corrected chi connectivity index (χ0v) is 20.4. The average molecular weight is 469 g/mol. The molecule has 1 saturated carbocycles. The number of carbonyl (C=O) groups excluding carboxylic acids is 1. The first-order valence-electron chi connectivity index (χ1n) is 12.3. The number of rotatable bonds is 11. The van der Waals surface area contributed by atoms with Gasteiger partial charge in [0.1, 0.15) is 11.9 Å². The number of anilines is 1. The molecule has 1 aromatic rings. The number of hydrogen-bond donors (Lipinski definition) is 1. The Morgan fingerprint density at radius 1 is 1.09 bits per heavy atom. The van der Waals surface area contributed by atoms with Crippen molar-refractivity contribution in [2.24, 2.45) is 5.92 Å². The van der Waals surface area contributed by atoms with Crippen molar-refractivity contribution in [3.8, 4) is 5.75 Å². The maximum Gasteiger partial charge on any atom is 0.412 e. The maximum absolute atomic E-state index is 12.7. The Hall–Kier alpha value is -1.50. The van der Waals surface area contributed by atoms with Gasteiger partial charge in [0.2, 0.25) is 0 Å². The Bertz CT molecular complexity index is 655. The first-order chi connectivity index (χ1) is 15.3. The zero-order chi connectivity index (χ0) is 21.7. The van der Waals surface area contributed by atoms with Crippen molar-refractivity contribution in [3.63, 3.8) is 0 Å². The van der Waals surface area contributed by atoms with Crippen molar-refractivity contribution in [1.29, 1.82) is 0 Å². The summed E-state index contributed by atoms with van der Waals surface area (Å²) in [5, 5.41) is 2.92. The third-order valence-corrected chi connectivity index (χ3v) is 6.32. The Morgan fingerprint density at radius 3 is 2.66 bits per heavy atom. The fourth-order valence-electron chi connectivity index (χ4n) is 4.51. The Balaban J connectivity index is 0.00000363. The molecule has 182 valence electrons. The molecular formula is C25H41ClN2O4. The number of para-hydroxylation sites is 2. The Kier molecular flexibility index (Phi) is 12.8. The molecule has 7 heteroatoms. The fourth-order valence-corrected chi connectivity index (χ4v) is 4.51. The molecule has 2 aliphatic rings. The molecule has 0 bridgehead atoms. The minimum absolute atomic E-state index is 0. The van der Waals surface area contributed by atoms with Gasteiger partial charge in [-0.3, -0.25) is 10.2 Å². The number of carbonyl (C=O) groups is 1. The molecule has 1 aromatic carbocycles.